The fourth-order valence-corrected chi connectivity index (χ4v) is 14.2. The highest BCUT2D eigenvalue weighted by molar-refractivity contribution is 7.91. The largest absolute Gasteiger partial charge is 0.497 e. The summed E-state index contributed by atoms with van der Waals surface area (Å²) in [7, 11) is -3.90. The minimum Gasteiger partial charge on any atom is -0.497 e. The van der Waals surface area contributed by atoms with Gasteiger partial charge in [-0.05, 0) is 112 Å². The molecule has 0 saturated carbocycles. The second-order valence-corrected chi connectivity index (χ2v) is 24.4. The van der Waals surface area contributed by atoms with Crippen LogP contribution in [0.3, 0.4) is 0 Å². The van der Waals surface area contributed by atoms with Crippen molar-refractivity contribution in [2.24, 2.45) is 0 Å². The summed E-state index contributed by atoms with van der Waals surface area (Å²) in [5, 5.41) is 12.9. The molecule has 0 atom stereocenters. The van der Waals surface area contributed by atoms with Crippen LogP contribution >= 0.6 is 22.7 Å². The number of rotatable bonds is 27. The summed E-state index contributed by atoms with van der Waals surface area (Å²) in [6.45, 7) is 9.18. The Labute approximate surface area is 420 Å². The van der Waals surface area contributed by atoms with Crippen LogP contribution in [0.25, 0.3) is 0 Å². The summed E-state index contributed by atoms with van der Waals surface area (Å²) in [6.07, 6.45) is 17.3. The molecular weight excluding hydrogens is 953 g/mol. The van der Waals surface area contributed by atoms with Crippen molar-refractivity contribution >= 4 is 54.5 Å². The minimum absolute atomic E-state index is 0.225. The summed E-state index contributed by atoms with van der Waals surface area (Å²) in [6, 6.07) is 21.5. The number of hydrogen-bond acceptors (Lipinski definition) is 12. The fourth-order valence-electron chi connectivity index (χ4n) is 8.35. The maximum atomic E-state index is 13.1. The summed E-state index contributed by atoms with van der Waals surface area (Å²) in [5.74, 6) is 0.778. The van der Waals surface area contributed by atoms with Gasteiger partial charge in [0.2, 0.25) is 0 Å². The lowest BCUT2D eigenvalue weighted by molar-refractivity contribution is 0.0943. The number of benzene rings is 2. The van der Waals surface area contributed by atoms with Gasteiger partial charge in [0.1, 0.15) is 19.9 Å². The van der Waals surface area contributed by atoms with E-state index >= 15 is 0 Å². The van der Waals surface area contributed by atoms with Crippen molar-refractivity contribution in [3.63, 3.8) is 0 Å². The van der Waals surface area contributed by atoms with Gasteiger partial charge < -0.3 is 30.7 Å². The smallest absolute Gasteiger partial charge is 0.252 e. The Bertz CT molecular complexity index is 2370. The van der Waals surface area contributed by atoms with Crippen LogP contribution in [-0.4, -0.2) is 103 Å². The van der Waals surface area contributed by atoms with Gasteiger partial charge >= 0.3 is 0 Å². The minimum atomic E-state index is -3.51. The molecule has 4 N–H and O–H groups in total. The molecule has 0 bridgehead atoms. The highest BCUT2D eigenvalue weighted by Gasteiger charge is 2.32. The lowest BCUT2D eigenvalue weighted by Crippen LogP contribution is -2.44. The van der Waals surface area contributed by atoms with Crippen LogP contribution in [0.2, 0.25) is 0 Å². The number of ether oxygens (including phenoxy) is 2. The van der Waals surface area contributed by atoms with E-state index < -0.39 is 20.0 Å². The maximum absolute atomic E-state index is 13.1. The average molecular weight is 1030 g/mol. The summed E-state index contributed by atoms with van der Waals surface area (Å²) >= 11 is 2.44. The van der Waals surface area contributed by atoms with Crippen LogP contribution in [0.15, 0.2) is 81.2 Å². The number of nitrogens with one attached hydrogen (secondary N) is 4. The molecule has 0 radical (unpaired) electrons. The molecular formula is C51H76N6O8S4. The van der Waals surface area contributed by atoms with E-state index in [9.17, 15) is 26.4 Å². The molecule has 2 aromatic carbocycles. The van der Waals surface area contributed by atoms with Crippen molar-refractivity contribution in [1.29, 1.82) is 0 Å². The van der Waals surface area contributed by atoms with Crippen LogP contribution in [0.5, 0.6) is 11.5 Å². The van der Waals surface area contributed by atoms with E-state index in [1.807, 2.05) is 0 Å². The molecule has 4 heterocycles. The van der Waals surface area contributed by atoms with E-state index in [2.05, 4.69) is 35.1 Å². The Morgan fingerprint density at radius 3 is 1.30 bits per heavy atom. The topological polar surface area (TPSA) is 175 Å². The zero-order chi connectivity index (χ0) is 49.5. The number of nitrogens with zero attached hydrogens (tertiary/aromatic N) is 2. The number of hydrogen-bond donors (Lipinski definition) is 4. The molecule has 4 aromatic rings. The van der Waals surface area contributed by atoms with Gasteiger partial charge in [-0.3, -0.25) is 9.59 Å². The molecule has 2 fully saturated rings. The normalized spacial score (nSPS) is 15.3. The van der Waals surface area contributed by atoms with Crippen molar-refractivity contribution in [2.45, 2.75) is 144 Å². The predicted molar refractivity (Wildman–Crippen MR) is 279 cm³/mol. The number of carbonyl (C=O) groups is 2. The van der Waals surface area contributed by atoms with E-state index in [1.165, 1.54) is 93.3 Å². The summed E-state index contributed by atoms with van der Waals surface area (Å²) in [5.41, 5.74) is 1.00. The van der Waals surface area contributed by atoms with Gasteiger partial charge in [-0.2, -0.15) is 8.61 Å². The van der Waals surface area contributed by atoms with E-state index in [0.29, 0.717) is 69.3 Å². The van der Waals surface area contributed by atoms with Gasteiger partial charge in [0.05, 0.1) is 27.3 Å². The Morgan fingerprint density at radius 2 is 0.928 bits per heavy atom. The second kappa shape index (κ2) is 29.5. The third-order valence-electron chi connectivity index (χ3n) is 12.6. The molecule has 18 heteroatoms. The van der Waals surface area contributed by atoms with Crippen LogP contribution in [-0.2, 0) is 33.1 Å². The molecule has 0 aliphatic carbocycles. The Balaban J connectivity index is 0.000000258. The van der Waals surface area contributed by atoms with E-state index in [1.54, 1.807) is 95.6 Å². The standard InChI is InChI=1S/C26H39N3O4S2.C25H37N3O4S2/c1-3-4-5-6-7-8-16-27-22-14-17-29(18-15-22)35(31,32)25-13-12-24(34-25)20-28-26(30)21-10-9-11-23(19-21)33-2;1-3-4-5-6-7-15-26-21-13-16-28(17-14-21)34(30,31)24-12-11-23(33-24)19-27-25(29)20-9-8-10-22(18-20)32-2/h9-13,19,22,27H,3-8,14-18,20H2,1-2H3,(H,28,30);8-12,18,21,26H,3-7,13-17,19H2,1-2H3,(H,27,29). The van der Waals surface area contributed by atoms with Gasteiger partial charge in [0.25, 0.3) is 31.9 Å². The van der Waals surface area contributed by atoms with Crippen molar-refractivity contribution in [2.75, 3.05) is 53.5 Å². The zero-order valence-corrected chi connectivity index (χ0v) is 44.4. The number of thiophene rings is 2. The number of methoxy groups -OCH3 is 2. The molecule has 2 saturated heterocycles. The molecule has 2 aliphatic rings. The monoisotopic (exact) mass is 1030 g/mol. The van der Waals surface area contributed by atoms with Crippen molar-refractivity contribution in [3.05, 3.63) is 93.7 Å². The first-order valence-electron chi connectivity index (χ1n) is 24.9. The Kier molecular flexibility index (Phi) is 23.9. The van der Waals surface area contributed by atoms with Crippen molar-refractivity contribution < 1.29 is 35.9 Å². The summed E-state index contributed by atoms with van der Waals surface area (Å²) < 4.78 is 66.7. The number of sulfonamides is 2. The molecule has 69 heavy (non-hydrogen) atoms. The number of amides is 2. The highest BCUT2D eigenvalue weighted by Crippen LogP contribution is 2.29. The van der Waals surface area contributed by atoms with Crippen LogP contribution in [0.4, 0.5) is 0 Å². The first kappa shape index (κ1) is 56.0. The molecule has 0 unspecified atom stereocenters. The van der Waals surface area contributed by atoms with Gasteiger partial charge in [-0.1, -0.05) is 83.8 Å². The van der Waals surface area contributed by atoms with Crippen molar-refractivity contribution in [3.8, 4) is 11.5 Å². The van der Waals surface area contributed by atoms with Crippen LogP contribution in [0.1, 0.15) is 141 Å². The number of unbranched alkanes of at least 4 members (excludes halogenated alkanes) is 9. The van der Waals surface area contributed by atoms with Crippen LogP contribution in [0, 0.1) is 0 Å². The predicted octanol–water partition coefficient (Wildman–Crippen LogP) is 9.19. The molecule has 2 aromatic heterocycles. The van der Waals surface area contributed by atoms with Crippen LogP contribution < -0.4 is 30.7 Å². The van der Waals surface area contributed by atoms with E-state index in [-0.39, 0.29) is 24.9 Å². The first-order chi connectivity index (χ1) is 33.4. The third kappa shape index (κ3) is 18.0. The maximum Gasteiger partial charge on any atom is 0.252 e. The average Bonchev–Trinajstić information content (AvgIpc) is 4.08. The first-order valence-corrected chi connectivity index (χ1v) is 29.4. The van der Waals surface area contributed by atoms with Gasteiger partial charge in [-0.25, -0.2) is 16.8 Å². The molecule has 2 aliphatic heterocycles. The van der Waals surface area contributed by atoms with E-state index in [0.717, 1.165) is 48.5 Å². The molecule has 14 nitrogen and oxygen atoms in total. The fraction of sp³-hybridized carbons (Fsp3) is 0.569. The third-order valence-corrected chi connectivity index (χ3v) is 19.5. The Hall–Kier alpha value is -3.88. The molecule has 2 amide bonds. The lowest BCUT2D eigenvalue weighted by atomic mass is 10.1. The zero-order valence-electron chi connectivity index (χ0n) is 41.1. The van der Waals surface area contributed by atoms with Gasteiger partial charge in [0.15, 0.2) is 0 Å². The number of piperidine rings is 2. The SMILES string of the molecule is CCCCCCCCNC1CCN(S(=O)(=O)c2ccc(CNC(=O)c3cccc(OC)c3)s2)CC1.CCCCCCCNC1CCN(S(=O)(=O)c2ccc(CNC(=O)c3cccc(OC)c3)s2)CC1. The second-order valence-electron chi connectivity index (χ2n) is 17.7. The quantitative estimate of drug-likeness (QED) is 0.0422. The highest BCUT2D eigenvalue weighted by atomic mass is 32.3. The van der Waals surface area contributed by atoms with Crippen molar-refractivity contribution in [1.82, 2.24) is 29.9 Å². The Morgan fingerprint density at radius 1 is 0.551 bits per heavy atom. The van der Waals surface area contributed by atoms with Gasteiger partial charge in [0, 0.05) is 59.1 Å². The molecule has 6 rings (SSSR count). The lowest BCUT2D eigenvalue weighted by Gasteiger charge is -2.31. The van der Waals surface area contributed by atoms with Gasteiger partial charge in [-0.15, -0.1) is 22.7 Å². The van der Waals surface area contributed by atoms with E-state index in [4.69, 9.17) is 9.47 Å². The summed E-state index contributed by atoms with van der Waals surface area (Å²) in [4.78, 5) is 26.4. The molecule has 382 valence electrons. The number of carbonyl (C=O) groups excluding carboxylic acids is 2. The molecule has 0 spiro atoms.